The van der Waals surface area contributed by atoms with Crippen LogP contribution in [0.15, 0.2) is 175 Å². The Bertz CT molecular complexity index is 3740. The summed E-state index contributed by atoms with van der Waals surface area (Å²) in [5.41, 5.74) is 14.0. The third kappa shape index (κ3) is 5.80. The molecule has 4 aromatic heterocycles. The summed E-state index contributed by atoms with van der Waals surface area (Å²) in [5, 5.41) is 24.4. The molecular formula is C55H34N6O. The molecule has 7 aromatic carbocycles. The van der Waals surface area contributed by atoms with Gasteiger partial charge >= 0.3 is 0 Å². The molecule has 0 radical (unpaired) electrons. The summed E-state index contributed by atoms with van der Waals surface area (Å²) in [6.45, 7) is 6.32. The summed E-state index contributed by atoms with van der Waals surface area (Å²) in [6, 6.07) is 57.7. The number of benzene rings is 7. The zero-order valence-corrected chi connectivity index (χ0v) is 33.5. The number of para-hydroxylation sites is 2. The van der Waals surface area contributed by atoms with Crippen LogP contribution in [0.5, 0.6) is 0 Å². The molecule has 0 amide bonds. The number of hydrogen-bond acceptors (Lipinski definition) is 5. The van der Waals surface area contributed by atoms with Crippen LogP contribution in [0, 0.1) is 22.7 Å². The highest BCUT2D eigenvalue weighted by molar-refractivity contribution is 6.11. The second kappa shape index (κ2) is 14.5. The second-order valence-electron chi connectivity index (χ2n) is 15.3. The van der Waals surface area contributed by atoms with E-state index in [2.05, 4.69) is 125 Å². The highest BCUT2D eigenvalue weighted by atomic mass is 16.3. The average Bonchev–Trinajstić information content (AvgIpc) is 3.98. The molecule has 0 aliphatic rings. The first-order valence-corrected chi connectivity index (χ1v) is 20.3. The Morgan fingerprint density at radius 1 is 0.532 bits per heavy atom. The highest BCUT2D eigenvalue weighted by Gasteiger charge is 2.21. The van der Waals surface area contributed by atoms with E-state index in [9.17, 15) is 10.5 Å². The third-order valence-corrected chi connectivity index (χ3v) is 11.7. The maximum atomic E-state index is 9.68. The molecule has 0 aliphatic heterocycles. The zero-order chi connectivity index (χ0) is 41.9. The van der Waals surface area contributed by atoms with Crippen molar-refractivity contribution in [1.82, 2.24) is 19.1 Å². The number of furan rings is 1. The van der Waals surface area contributed by atoms with Gasteiger partial charge in [-0.15, -0.1) is 0 Å². The van der Waals surface area contributed by atoms with Crippen molar-refractivity contribution in [2.75, 3.05) is 0 Å². The number of rotatable bonds is 7. The fourth-order valence-corrected chi connectivity index (χ4v) is 8.83. The molecule has 0 saturated carbocycles. The van der Waals surface area contributed by atoms with Gasteiger partial charge in [0.1, 0.15) is 11.2 Å². The van der Waals surface area contributed by atoms with Crippen molar-refractivity contribution in [3.8, 4) is 57.4 Å². The van der Waals surface area contributed by atoms with Crippen molar-refractivity contribution in [2.24, 2.45) is 0 Å². The summed E-state index contributed by atoms with van der Waals surface area (Å²) in [6.07, 6.45) is 6.02. The van der Waals surface area contributed by atoms with E-state index in [1.807, 2.05) is 67.6 Å². The molecular weight excluding hydrogens is 761 g/mol. The Hall–Kier alpha value is -8.78. The van der Waals surface area contributed by atoms with Crippen LogP contribution in [-0.2, 0) is 0 Å². The van der Waals surface area contributed by atoms with Gasteiger partial charge < -0.3 is 8.98 Å². The number of nitriles is 2. The van der Waals surface area contributed by atoms with Crippen LogP contribution in [0.2, 0.25) is 0 Å². The van der Waals surface area contributed by atoms with Gasteiger partial charge in [0.2, 0.25) is 5.95 Å². The van der Waals surface area contributed by atoms with Crippen LogP contribution in [0.4, 0.5) is 0 Å². The van der Waals surface area contributed by atoms with Crippen LogP contribution >= 0.6 is 0 Å². The van der Waals surface area contributed by atoms with Gasteiger partial charge in [0.05, 0.1) is 56.9 Å². The maximum Gasteiger partial charge on any atom is 0.235 e. The van der Waals surface area contributed by atoms with Crippen molar-refractivity contribution < 1.29 is 4.42 Å². The SMILES string of the molecule is C=Cc1c(/C=C\C)c2ccc(-c3ccc4c(c3)c3ccccc3n4-c3ccccc3)cc2n1-c1nc(-c2ccc(C#N)cc2)cc(-c2ccc3oc4ccc(C#N)cc4c3c2)n1. The summed E-state index contributed by atoms with van der Waals surface area (Å²) in [4.78, 5) is 10.6. The number of aromatic nitrogens is 4. The first kappa shape index (κ1) is 36.3. The molecule has 7 nitrogen and oxygen atoms in total. The van der Waals surface area contributed by atoms with Gasteiger partial charge in [0.25, 0.3) is 0 Å². The molecule has 0 N–H and O–H groups in total. The lowest BCUT2D eigenvalue weighted by atomic mass is 10.0. The van der Waals surface area contributed by atoms with Gasteiger partial charge in [-0.3, -0.25) is 4.57 Å². The minimum absolute atomic E-state index is 0.472. The van der Waals surface area contributed by atoms with E-state index in [0.29, 0.717) is 34.0 Å². The van der Waals surface area contributed by atoms with Crippen molar-refractivity contribution >= 4 is 66.8 Å². The Labute approximate surface area is 356 Å². The lowest BCUT2D eigenvalue weighted by Gasteiger charge is -2.13. The van der Waals surface area contributed by atoms with Crippen LogP contribution in [0.1, 0.15) is 29.3 Å². The molecule has 62 heavy (non-hydrogen) atoms. The number of allylic oxidation sites excluding steroid dienone is 1. The Morgan fingerprint density at radius 2 is 1.16 bits per heavy atom. The molecule has 0 bridgehead atoms. The number of nitrogens with zero attached hydrogens (tertiary/aromatic N) is 6. The minimum atomic E-state index is 0.472. The van der Waals surface area contributed by atoms with Crippen LogP contribution < -0.4 is 0 Å². The van der Waals surface area contributed by atoms with Crippen molar-refractivity contribution in [2.45, 2.75) is 6.92 Å². The van der Waals surface area contributed by atoms with Crippen LogP contribution in [0.25, 0.3) is 112 Å². The number of fused-ring (bicyclic) bond motifs is 7. The first-order valence-electron chi connectivity index (χ1n) is 20.3. The van der Waals surface area contributed by atoms with Gasteiger partial charge in [-0.1, -0.05) is 85.5 Å². The van der Waals surface area contributed by atoms with E-state index in [0.717, 1.165) is 77.5 Å². The molecule has 0 saturated heterocycles. The molecule has 7 heteroatoms. The Balaban J connectivity index is 1.14. The van der Waals surface area contributed by atoms with Crippen LogP contribution in [-0.4, -0.2) is 19.1 Å². The van der Waals surface area contributed by atoms with Crippen molar-refractivity contribution in [1.29, 1.82) is 10.5 Å². The molecule has 4 heterocycles. The van der Waals surface area contributed by atoms with Gasteiger partial charge in [-0.25, -0.2) is 9.97 Å². The quantitative estimate of drug-likeness (QED) is 0.160. The highest BCUT2D eigenvalue weighted by Crippen LogP contribution is 2.39. The Morgan fingerprint density at radius 3 is 1.94 bits per heavy atom. The van der Waals surface area contributed by atoms with E-state index < -0.39 is 0 Å². The zero-order valence-electron chi connectivity index (χ0n) is 33.5. The standard InChI is InChI=1S/C55H34N6O/c1-3-10-41-43-23-20-38(37-21-24-51-44(28-37)42-13-8-9-14-50(42)60(51)40-11-6-5-7-12-40)30-52(43)61(49(41)4-2)55-58-47(36-18-15-34(32-56)16-19-36)31-48(59-55)39-22-26-54-46(29-39)45-27-35(33-57)17-25-53(45)62-54/h3-31H,2H2,1H3/b10-3-. The summed E-state index contributed by atoms with van der Waals surface area (Å²) in [7, 11) is 0. The topological polar surface area (TPSA) is 96.4 Å². The van der Waals surface area contributed by atoms with Gasteiger partial charge in [-0.05, 0) is 115 Å². The molecule has 11 aromatic rings. The van der Waals surface area contributed by atoms with Crippen molar-refractivity contribution in [3.63, 3.8) is 0 Å². The fourth-order valence-electron chi connectivity index (χ4n) is 8.83. The average molecular weight is 795 g/mol. The molecule has 0 atom stereocenters. The predicted octanol–water partition coefficient (Wildman–Crippen LogP) is 13.8. The summed E-state index contributed by atoms with van der Waals surface area (Å²) >= 11 is 0. The van der Waals surface area contributed by atoms with Gasteiger partial charge in [-0.2, -0.15) is 10.5 Å². The first-order chi connectivity index (χ1) is 30.5. The fraction of sp³-hybridized carbons (Fsp3) is 0.0182. The smallest absolute Gasteiger partial charge is 0.235 e. The molecule has 290 valence electrons. The van der Waals surface area contributed by atoms with E-state index in [-0.39, 0.29) is 0 Å². The lowest BCUT2D eigenvalue weighted by Crippen LogP contribution is -2.06. The normalized spacial score (nSPS) is 11.6. The summed E-state index contributed by atoms with van der Waals surface area (Å²) < 4.78 is 10.6. The molecule has 0 fully saturated rings. The predicted molar refractivity (Wildman–Crippen MR) is 251 cm³/mol. The maximum absolute atomic E-state index is 9.68. The second-order valence-corrected chi connectivity index (χ2v) is 15.3. The third-order valence-electron chi connectivity index (χ3n) is 11.7. The van der Waals surface area contributed by atoms with Gasteiger partial charge in [0, 0.05) is 49.3 Å². The number of hydrogen-bond donors (Lipinski definition) is 0. The monoisotopic (exact) mass is 794 g/mol. The van der Waals surface area contributed by atoms with E-state index in [1.54, 1.807) is 18.2 Å². The Kier molecular flexibility index (Phi) is 8.49. The van der Waals surface area contributed by atoms with E-state index >= 15 is 0 Å². The van der Waals surface area contributed by atoms with Gasteiger partial charge in [0.15, 0.2) is 0 Å². The van der Waals surface area contributed by atoms with E-state index in [4.69, 9.17) is 14.4 Å². The lowest BCUT2D eigenvalue weighted by molar-refractivity contribution is 0.669. The summed E-state index contributed by atoms with van der Waals surface area (Å²) in [5.74, 6) is 0.472. The molecule has 0 unspecified atom stereocenters. The van der Waals surface area contributed by atoms with Crippen LogP contribution in [0.3, 0.4) is 0 Å². The largest absolute Gasteiger partial charge is 0.456 e. The molecule has 0 aliphatic carbocycles. The van der Waals surface area contributed by atoms with Crippen molar-refractivity contribution in [3.05, 3.63) is 193 Å². The minimum Gasteiger partial charge on any atom is -0.456 e. The van der Waals surface area contributed by atoms with E-state index in [1.165, 1.54) is 10.8 Å². The molecule has 0 spiro atoms. The molecule has 11 rings (SSSR count).